The molecule has 0 bridgehead atoms. The maximum Gasteiger partial charge on any atom is 0.351 e. The lowest BCUT2D eigenvalue weighted by molar-refractivity contribution is -0.132. The van der Waals surface area contributed by atoms with Crippen molar-refractivity contribution in [1.29, 1.82) is 0 Å². The van der Waals surface area contributed by atoms with Crippen LogP contribution in [0.5, 0.6) is 0 Å². The lowest BCUT2D eigenvalue weighted by Crippen LogP contribution is -2.09. The number of carbonyl (C=O) groups is 1. The van der Waals surface area contributed by atoms with Gasteiger partial charge in [-0.3, -0.25) is 0 Å². The summed E-state index contributed by atoms with van der Waals surface area (Å²) in [5.74, 6) is -2.90. The molecule has 0 aromatic heterocycles. The molecule has 0 saturated carbocycles. The van der Waals surface area contributed by atoms with E-state index in [0.717, 1.165) is 18.2 Å². The van der Waals surface area contributed by atoms with Crippen LogP contribution in [0.3, 0.4) is 0 Å². The summed E-state index contributed by atoms with van der Waals surface area (Å²) in [6.07, 6.45) is 0.981. The Morgan fingerprint density at radius 1 is 1.29 bits per heavy atom. The maximum absolute atomic E-state index is 12.6. The minimum Gasteiger partial charge on any atom is -0.477 e. The summed E-state index contributed by atoms with van der Waals surface area (Å²) in [6, 6.07) is 2.66. The monoisotopic (exact) mass is 199 g/mol. The number of hydrogen-bond donors (Lipinski definition) is 2. The van der Waals surface area contributed by atoms with Crippen molar-refractivity contribution in [3.8, 4) is 0 Å². The molecule has 74 valence electrons. The molecule has 1 aromatic carbocycles. The van der Waals surface area contributed by atoms with Crippen molar-refractivity contribution < 1.29 is 18.7 Å². The predicted molar refractivity (Wildman–Crippen MR) is 46.2 cm³/mol. The van der Waals surface area contributed by atoms with Gasteiger partial charge in [0.25, 0.3) is 0 Å². The van der Waals surface area contributed by atoms with Crippen molar-refractivity contribution in [2.75, 3.05) is 0 Å². The van der Waals surface area contributed by atoms with Gasteiger partial charge in [0.05, 0.1) is 0 Å². The van der Waals surface area contributed by atoms with Crippen molar-refractivity contribution in [2.45, 2.75) is 0 Å². The van der Waals surface area contributed by atoms with E-state index in [1.165, 1.54) is 0 Å². The Hall–Kier alpha value is -1.91. The first kappa shape index (κ1) is 10.2. The van der Waals surface area contributed by atoms with Crippen molar-refractivity contribution in [3.63, 3.8) is 0 Å². The second-order valence-electron chi connectivity index (χ2n) is 2.61. The highest BCUT2D eigenvalue weighted by Crippen LogP contribution is 2.10. The van der Waals surface area contributed by atoms with E-state index in [-0.39, 0.29) is 5.56 Å². The van der Waals surface area contributed by atoms with Gasteiger partial charge in [-0.1, -0.05) is 0 Å². The number of hydrogen-bond acceptors (Lipinski definition) is 2. The Morgan fingerprint density at radius 2 is 1.79 bits per heavy atom. The first-order chi connectivity index (χ1) is 6.49. The van der Waals surface area contributed by atoms with E-state index in [2.05, 4.69) is 0 Å². The molecule has 0 saturated heterocycles. The number of rotatable bonds is 2. The fourth-order valence-corrected chi connectivity index (χ4v) is 0.900. The molecular weight excluding hydrogens is 192 g/mol. The smallest absolute Gasteiger partial charge is 0.351 e. The van der Waals surface area contributed by atoms with Crippen LogP contribution in [0, 0.1) is 11.6 Å². The van der Waals surface area contributed by atoms with Crippen molar-refractivity contribution in [2.24, 2.45) is 5.73 Å². The Morgan fingerprint density at radius 3 is 2.21 bits per heavy atom. The van der Waals surface area contributed by atoms with E-state index < -0.39 is 23.3 Å². The van der Waals surface area contributed by atoms with Gasteiger partial charge in [0.1, 0.15) is 17.3 Å². The molecule has 0 heterocycles. The molecule has 0 radical (unpaired) electrons. The maximum atomic E-state index is 12.6. The highest BCUT2D eigenvalue weighted by Gasteiger charge is 2.03. The molecular formula is C9H7F2NO2. The third-order valence-corrected chi connectivity index (χ3v) is 1.45. The lowest BCUT2D eigenvalue weighted by Gasteiger charge is -1.97. The average Bonchev–Trinajstić information content (AvgIpc) is 2.01. The first-order valence-corrected chi connectivity index (χ1v) is 3.65. The van der Waals surface area contributed by atoms with Crippen LogP contribution in [0.15, 0.2) is 23.9 Å². The van der Waals surface area contributed by atoms with E-state index in [0.29, 0.717) is 6.07 Å². The number of carboxylic acid groups (broad SMARTS) is 1. The number of nitrogens with two attached hydrogens (primary N) is 1. The summed E-state index contributed by atoms with van der Waals surface area (Å²) >= 11 is 0. The van der Waals surface area contributed by atoms with E-state index in [1.807, 2.05) is 0 Å². The second kappa shape index (κ2) is 3.87. The van der Waals surface area contributed by atoms with Gasteiger partial charge in [-0.2, -0.15) is 0 Å². The molecule has 0 amide bonds. The molecule has 0 aliphatic rings. The molecule has 0 aliphatic carbocycles. The fraction of sp³-hybridized carbons (Fsp3) is 0. The minimum absolute atomic E-state index is 0.0717. The standard InChI is InChI=1S/C9H7F2NO2/c10-6-1-5(2-7(11)4-6)3-8(12)9(13)14/h1-4H,12H2,(H,13,14)/b8-3-. The molecule has 3 N–H and O–H groups in total. The van der Waals surface area contributed by atoms with Crippen LogP contribution in [-0.4, -0.2) is 11.1 Å². The minimum atomic E-state index is -1.34. The summed E-state index contributed by atoms with van der Waals surface area (Å²) in [4.78, 5) is 10.3. The van der Waals surface area contributed by atoms with Gasteiger partial charge in [-0.15, -0.1) is 0 Å². The van der Waals surface area contributed by atoms with Crippen LogP contribution in [-0.2, 0) is 4.79 Å². The van der Waals surface area contributed by atoms with Gasteiger partial charge < -0.3 is 10.8 Å². The SMILES string of the molecule is N/C(=C\c1cc(F)cc(F)c1)C(=O)O. The van der Waals surface area contributed by atoms with E-state index in [9.17, 15) is 13.6 Å². The van der Waals surface area contributed by atoms with E-state index in [1.54, 1.807) is 0 Å². The molecule has 3 nitrogen and oxygen atoms in total. The zero-order valence-corrected chi connectivity index (χ0v) is 7.00. The number of benzene rings is 1. The van der Waals surface area contributed by atoms with Crippen LogP contribution in [0.25, 0.3) is 6.08 Å². The molecule has 0 spiro atoms. The molecule has 0 fully saturated rings. The third-order valence-electron chi connectivity index (χ3n) is 1.45. The fourth-order valence-electron chi connectivity index (χ4n) is 0.900. The normalized spacial score (nSPS) is 11.4. The summed E-state index contributed by atoms with van der Waals surface area (Å²) in [5, 5.41) is 8.40. The highest BCUT2D eigenvalue weighted by atomic mass is 19.1. The number of aliphatic carboxylic acids is 1. The van der Waals surface area contributed by atoms with Crippen molar-refractivity contribution in [1.82, 2.24) is 0 Å². The summed E-state index contributed by atoms with van der Waals surface area (Å²) in [5.41, 5.74) is 4.66. The molecule has 0 aliphatic heterocycles. The highest BCUT2D eigenvalue weighted by molar-refractivity contribution is 5.90. The first-order valence-electron chi connectivity index (χ1n) is 3.65. The quantitative estimate of drug-likeness (QED) is 0.706. The van der Waals surface area contributed by atoms with E-state index >= 15 is 0 Å². The van der Waals surface area contributed by atoms with Crippen LogP contribution in [0.1, 0.15) is 5.56 Å². The zero-order valence-electron chi connectivity index (χ0n) is 7.00. The number of carboxylic acids is 1. The van der Waals surface area contributed by atoms with Crippen LogP contribution in [0.4, 0.5) is 8.78 Å². The Labute approximate surface area is 78.5 Å². The third kappa shape index (κ3) is 2.55. The molecule has 14 heavy (non-hydrogen) atoms. The van der Waals surface area contributed by atoms with Crippen molar-refractivity contribution >= 4 is 12.0 Å². The zero-order chi connectivity index (χ0) is 10.7. The van der Waals surface area contributed by atoms with Gasteiger partial charge in [0, 0.05) is 6.07 Å². The van der Waals surface area contributed by atoms with Crippen molar-refractivity contribution in [3.05, 3.63) is 41.1 Å². The second-order valence-corrected chi connectivity index (χ2v) is 2.61. The summed E-state index contributed by atoms with van der Waals surface area (Å²) in [6.45, 7) is 0. The largest absolute Gasteiger partial charge is 0.477 e. The van der Waals surface area contributed by atoms with E-state index in [4.69, 9.17) is 10.8 Å². The van der Waals surface area contributed by atoms with Gasteiger partial charge in [0.15, 0.2) is 0 Å². The summed E-state index contributed by atoms with van der Waals surface area (Å²) < 4.78 is 25.2. The topological polar surface area (TPSA) is 63.3 Å². The van der Waals surface area contributed by atoms with Crippen LogP contribution >= 0.6 is 0 Å². The average molecular weight is 199 g/mol. The Balaban J connectivity index is 3.08. The van der Waals surface area contributed by atoms with Gasteiger partial charge >= 0.3 is 5.97 Å². The predicted octanol–water partition coefficient (Wildman–Crippen LogP) is 1.35. The molecule has 5 heteroatoms. The molecule has 1 aromatic rings. The van der Waals surface area contributed by atoms with Crippen LogP contribution < -0.4 is 5.73 Å². The van der Waals surface area contributed by atoms with Gasteiger partial charge in [-0.25, -0.2) is 13.6 Å². The Bertz CT molecular complexity index is 382. The Kier molecular flexibility index (Phi) is 2.81. The summed E-state index contributed by atoms with van der Waals surface area (Å²) in [7, 11) is 0. The number of halogens is 2. The molecule has 0 atom stereocenters. The van der Waals surface area contributed by atoms with Crippen LogP contribution in [0.2, 0.25) is 0 Å². The van der Waals surface area contributed by atoms with Gasteiger partial charge in [0.2, 0.25) is 0 Å². The molecule has 1 rings (SSSR count). The molecule has 0 unspecified atom stereocenters. The lowest BCUT2D eigenvalue weighted by atomic mass is 10.2. The van der Waals surface area contributed by atoms with Gasteiger partial charge in [-0.05, 0) is 23.8 Å².